The van der Waals surface area contributed by atoms with E-state index in [0.29, 0.717) is 5.41 Å². The topological polar surface area (TPSA) is 28.2 Å². The molecule has 1 aromatic rings. The van der Waals surface area contributed by atoms with E-state index in [1.165, 1.54) is 38.0 Å². The molecule has 20 heavy (non-hydrogen) atoms. The largest absolute Gasteiger partial charge is 0.311 e. The molecule has 3 heteroatoms. The van der Waals surface area contributed by atoms with E-state index in [-0.39, 0.29) is 0 Å². The molecule has 0 unspecified atom stereocenters. The zero-order chi connectivity index (χ0) is 14.4. The van der Waals surface area contributed by atoms with Crippen molar-refractivity contribution in [2.45, 2.75) is 53.1 Å². The molecule has 0 amide bonds. The zero-order valence-corrected chi connectivity index (χ0v) is 13.3. The Labute approximate surface area is 123 Å². The maximum atomic E-state index is 4.77. The monoisotopic (exact) mass is 275 g/mol. The van der Waals surface area contributed by atoms with E-state index in [2.05, 4.69) is 49.2 Å². The normalized spacial score (nSPS) is 18.6. The molecule has 0 bridgehead atoms. The van der Waals surface area contributed by atoms with Gasteiger partial charge in [0.1, 0.15) is 0 Å². The Hall–Kier alpha value is -0.930. The Morgan fingerprint density at radius 2 is 1.95 bits per heavy atom. The average Bonchev–Trinajstić information content (AvgIpc) is 2.89. The second-order valence-corrected chi connectivity index (χ2v) is 6.07. The minimum absolute atomic E-state index is 0.557. The molecule has 1 fully saturated rings. The van der Waals surface area contributed by atoms with Crippen LogP contribution in [0, 0.1) is 5.41 Å². The van der Waals surface area contributed by atoms with Crippen molar-refractivity contribution in [3.63, 3.8) is 0 Å². The van der Waals surface area contributed by atoms with E-state index >= 15 is 0 Å². The fraction of sp³-hybridized carbons (Fsp3) is 0.706. The highest BCUT2D eigenvalue weighted by Crippen LogP contribution is 2.37. The smallest absolute Gasteiger partial charge is 0.0547 e. The lowest BCUT2D eigenvalue weighted by Gasteiger charge is -2.26. The molecule has 0 aliphatic carbocycles. The van der Waals surface area contributed by atoms with E-state index in [1.54, 1.807) is 0 Å². The van der Waals surface area contributed by atoms with Crippen LogP contribution in [0.1, 0.15) is 51.4 Å². The lowest BCUT2D eigenvalue weighted by atomic mass is 9.82. The molecule has 0 spiro atoms. The summed E-state index contributed by atoms with van der Waals surface area (Å²) in [6.45, 7) is 12.1. The summed E-state index contributed by atoms with van der Waals surface area (Å²) in [7, 11) is 0. The number of nitrogens with one attached hydrogen (secondary N) is 1. The SMILES string of the molecule is CCNCc1cccc(CN2CCC(CC)(CC)C2)n1. The first-order valence-corrected chi connectivity index (χ1v) is 8.09. The number of nitrogens with zero attached hydrogens (tertiary/aromatic N) is 2. The van der Waals surface area contributed by atoms with Crippen molar-refractivity contribution >= 4 is 0 Å². The van der Waals surface area contributed by atoms with Gasteiger partial charge in [-0.1, -0.05) is 26.8 Å². The van der Waals surface area contributed by atoms with Crippen LogP contribution < -0.4 is 5.32 Å². The first-order valence-electron chi connectivity index (χ1n) is 8.09. The number of pyridine rings is 1. The Kier molecular flexibility index (Phi) is 5.55. The molecule has 0 radical (unpaired) electrons. The molecule has 112 valence electrons. The number of likely N-dealkylation sites (tertiary alicyclic amines) is 1. The molecule has 1 aliphatic rings. The summed E-state index contributed by atoms with van der Waals surface area (Å²) in [6.07, 6.45) is 3.94. The summed E-state index contributed by atoms with van der Waals surface area (Å²) in [4.78, 5) is 7.34. The molecule has 0 saturated carbocycles. The predicted molar refractivity (Wildman–Crippen MR) is 84.5 cm³/mol. The van der Waals surface area contributed by atoms with Crippen molar-refractivity contribution in [2.24, 2.45) is 5.41 Å². The van der Waals surface area contributed by atoms with Gasteiger partial charge in [-0.05, 0) is 49.9 Å². The summed E-state index contributed by atoms with van der Waals surface area (Å²) in [6, 6.07) is 6.41. The second-order valence-electron chi connectivity index (χ2n) is 6.07. The first-order chi connectivity index (χ1) is 9.71. The molecule has 1 N–H and O–H groups in total. The average molecular weight is 275 g/mol. The molecular formula is C17H29N3. The van der Waals surface area contributed by atoms with Gasteiger partial charge < -0.3 is 5.32 Å². The van der Waals surface area contributed by atoms with Gasteiger partial charge >= 0.3 is 0 Å². The minimum Gasteiger partial charge on any atom is -0.311 e. The molecule has 1 saturated heterocycles. The summed E-state index contributed by atoms with van der Waals surface area (Å²) in [5.74, 6) is 0. The number of aromatic nitrogens is 1. The molecule has 0 atom stereocenters. The van der Waals surface area contributed by atoms with Crippen molar-refractivity contribution < 1.29 is 0 Å². The van der Waals surface area contributed by atoms with Gasteiger partial charge in [-0.25, -0.2) is 0 Å². The Bertz CT molecular complexity index is 412. The third-order valence-electron chi connectivity index (χ3n) is 4.82. The van der Waals surface area contributed by atoms with Crippen LogP contribution in [0.5, 0.6) is 0 Å². The van der Waals surface area contributed by atoms with Crippen LogP contribution in [0.2, 0.25) is 0 Å². The van der Waals surface area contributed by atoms with Crippen molar-refractivity contribution in [3.8, 4) is 0 Å². The lowest BCUT2D eigenvalue weighted by Crippen LogP contribution is -2.26. The highest BCUT2D eigenvalue weighted by atomic mass is 15.2. The molecule has 2 heterocycles. The van der Waals surface area contributed by atoms with Gasteiger partial charge in [-0.2, -0.15) is 0 Å². The summed E-state index contributed by atoms with van der Waals surface area (Å²) >= 11 is 0. The van der Waals surface area contributed by atoms with E-state index in [1.807, 2.05) is 0 Å². The maximum Gasteiger partial charge on any atom is 0.0547 e. The van der Waals surface area contributed by atoms with E-state index < -0.39 is 0 Å². The third kappa shape index (κ3) is 3.80. The second kappa shape index (κ2) is 7.19. The summed E-state index contributed by atoms with van der Waals surface area (Å²) < 4.78 is 0. The summed E-state index contributed by atoms with van der Waals surface area (Å²) in [5, 5.41) is 3.34. The summed E-state index contributed by atoms with van der Waals surface area (Å²) in [5.41, 5.74) is 2.92. The molecular weight excluding hydrogens is 246 g/mol. The Morgan fingerprint density at radius 3 is 2.60 bits per heavy atom. The Morgan fingerprint density at radius 1 is 1.20 bits per heavy atom. The molecule has 1 aromatic heterocycles. The highest BCUT2D eigenvalue weighted by molar-refractivity contribution is 5.11. The van der Waals surface area contributed by atoms with Crippen molar-refractivity contribution in [1.29, 1.82) is 0 Å². The quantitative estimate of drug-likeness (QED) is 0.828. The number of hydrogen-bond donors (Lipinski definition) is 1. The van der Waals surface area contributed by atoms with E-state index in [0.717, 1.165) is 25.3 Å². The standard InChI is InChI=1S/C17H29N3/c1-4-17(5-2)10-11-20(14-17)13-16-9-7-8-15(19-16)12-18-6-3/h7-9,18H,4-6,10-14H2,1-3H3. The highest BCUT2D eigenvalue weighted by Gasteiger charge is 2.34. The van der Waals surface area contributed by atoms with Gasteiger partial charge in [-0.15, -0.1) is 0 Å². The predicted octanol–water partition coefficient (Wildman–Crippen LogP) is 3.20. The molecule has 1 aliphatic heterocycles. The van der Waals surface area contributed by atoms with Crippen LogP contribution in [0.4, 0.5) is 0 Å². The first kappa shape index (κ1) is 15.5. The zero-order valence-electron chi connectivity index (χ0n) is 13.3. The number of rotatable bonds is 7. The molecule has 2 rings (SSSR count). The van der Waals surface area contributed by atoms with Crippen molar-refractivity contribution in [3.05, 3.63) is 29.6 Å². The van der Waals surface area contributed by atoms with E-state index in [9.17, 15) is 0 Å². The van der Waals surface area contributed by atoms with Gasteiger partial charge in [-0.3, -0.25) is 9.88 Å². The van der Waals surface area contributed by atoms with E-state index in [4.69, 9.17) is 4.98 Å². The molecule has 0 aromatic carbocycles. The van der Waals surface area contributed by atoms with Gasteiger partial charge in [0.2, 0.25) is 0 Å². The van der Waals surface area contributed by atoms with Crippen LogP contribution >= 0.6 is 0 Å². The van der Waals surface area contributed by atoms with Crippen LogP contribution in [-0.4, -0.2) is 29.5 Å². The number of hydrogen-bond acceptors (Lipinski definition) is 3. The van der Waals surface area contributed by atoms with Gasteiger partial charge in [0.25, 0.3) is 0 Å². The maximum absolute atomic E-state index is 4.77. The van der Waals surface area contributed by atoms with Gasteiger partial charge in [0.05, 0.1) is 11.4 Å². The van der Waals surface area contributed by atoms with Crippen molar-refractivity contribution in [1.82, 2.24) is 15.2 Å². The third-order valence-corrected chi connectivity index (χ3v) is 4.82. The van der Waals surface area contributed by atoms with Gasteiger partial charge in [0, 0.05) is 19.6 Å². The fourth-order valence-electron chi connectivity index (χ4n) is 3.19. The fourth-order valence-corrected chi connectivity index (χ4v) is 3.19. The van der Waals surface area contributed by atoms with Crippen LogP contribution in [-0.2, 0) is 13.1 Å². The Balaban J connectivity index is 1.94. The van der Waals surface area contributed by atoms with Crippen LogP contribution in [0.15, 0.2) is 18.2 Å². The molecule has 3 nitrogen and oxygen atoms in total. The van der Waals surface area contributed by atoms with Crippen LogP contribution in [0.3, 0.4) is 0 Å². The van der Waals surface area contributed by atoms with Crippen molar-refractivity contribution in [2.75, 3.05) is 19.6 Å². The lowest BCUT2D eigenvalue weighted by molar-refractivity contribution is 0.234. The van der Waals surface area contributed by atoms with Crippen LogP contribution in [0.25, 0.3) is 0 Å². The minimum atomic E-state index is 0.557. The van der Waals surface area contributed by atoms with Gasteiger partial charge in [0.15, 0.2) is 0 Å².